The first-order valence-electron chi connectivity index (χ1n) is 12.9. The molecule has 2 aliphatic rings. The molecular weight excluding hydrogens is 482 g/mol. The molecule has 0 unspecified atom stereocenters. The van der Waals surface area contributed by atoms with E-state index in [1.165, 1.54) is 0 Å². The number of allylic oxidation sites excluding steroid dienone is 1. The summed E-state index contributed by atoms with van der Waals surface area (Å²) in [4.78, 5) is 28.2. The molecule has 8 heteroatoms. The lowest BCUT2D eigenvalue weighted by atomic mass is 9.93. The Morgan fingerprint density at radius 3 is 2.51 bits per heavy atom. The summed E-state index contributed by atoms with van der Waals surface area (Å²) < 4.78 is 3.40. The first-order chi connectivity index (χ1) is 18.2. The highest BCUT2D eigenvalue weighted by Crippen LogP contribution is 2.35. The van der Waals surface area contributed by atoms with Crippen LogP contribution in [-0.4, -0.2) is 54.8 Å². The summed E-state index contributed by atoms with van der Waals surface area (Å²) >= 11 is 1.89. The van der Waals surface area contributed by atoms with E-state index in [0.29, 0.717) is 12.1 Å². The summed E-state index contributed by atoms with van der Waals surface area (Å²) in [5, 5.41) is 9.76. The van der Waals surface area contributed by atoms with Gasteiger partial charge in [-0.05, 0) is 49.5 Å². The zero-order valence-corrected chi connectivity index (χ0v) is 21.5. The third-order valence-electron chi connectivity index (χ3n) is 7.18. The molecule has 0 saturated carbocycles. The predicted octanol–water partition coefficient (Wildman–Crippen LogP) is 4.98. The van der Waals surface area contributed by atoms with Crippen molar-refractivity contribution in [2.45, 2.75) is 32.1 Å². The van der Waals surface area contributed by atoms with Crippen molar-refractivity contribution in [2.24, 2.45) is 0 Å². The maximum absolute atomic E-state index is 13.1. The van der Waals surface area contributed by atoms with Crippen LogP contribution in [0.2, 0.25) is 0 Å². The van der Waals surface area contributed by atoms with E-state index in [1.54, 1.807) is 16.8 Å². The third-order valence-corrected chi connectivity index (χ3v) is 8.12. The molecule has 1 saturated heterocycles. The Morgan fingerprint density at radius 1 is 0.892 bits per heavy atom. The SMILES string of the molecule is O=C(CC1=C(n2nc(-c3c(-c4ccccc4)nn4ccccc34)ccc2=O)CCCC1)N1CCSCC1. The molecule has 0 bridgehead atoms. The van der Waals surface area contributed by atoms with Gasteiger partial charge in [0.1, 0.15) is 5.69 Å². The topological polar surface area (TPSA) is 72.5 Å². The minimum absolute atomic E-state index is 0.160. The van der Waals surface area contributed by atoms with Gasteiger partial charge < -0.3 is 4.90 Å². The average molecular weight is 512 g/mol. The van der Waals surface area contributed by atoms with Crippen LogP contribution in [0.3, 0.4) is 0 Å². The number of fused-ring (bicyclic) bond motifs is 1. The van der Waals surface area contributed by atoms with Gasteiger partial charge in [0.25, 0.3) is 5.56 Å². The molecule has 4 heterocycles. The van der Waals surface area contributed by atoms with E-state index in [9.17, 15) is 9.59 Å². The molecular formula is C29H29N5O2S. The van der Waals surface area contributed by atoms with E-state index in [-0.39, 0.29) is 11.5 Å². The summed E-state index contributed by atoms with van der Waals surface area (Å²) in [6, 6.07) is 19.4. The molecule has 6 rings (SSSR count). The molecule has 0 spiro atoms. The van der Waals surface area contributed by atoms with Crippen LogP contribution < -0.4 is 5.56 Å². The van der Waals surface area contributed by atoms with E-state index in [4.69, 9.17) is 10.2 Å². The molecule has 7 nitrogen and oxygen atoms in total. The minimum atomic E-state index is -0.169. The minimum Gasteiger partial charge on any atom is -0.341 e. The standard InChI is InChI=1S/C29H29N5O2S/c35-26-14-13-23(28-25-12-6-7-15-33(25)31-29(28)21-8-2-1-3-9-21)30-34(26)24-11-5-4-10-22(24)20-27(36)32-16-18-37-19-17-32/h1-3,6-9,12-15H,4-5,10-11,16-20H2. The van der Waals surface area contributed by atoms with Crippen LogP contribution in [0, 0.1) is 0 Å². The zero-order chi connectivity index (χ0) is 25.2. The number of amides is 1. The van der Waals surface area contributed by atoms with Gasteiger partial charge in [-0.25, -0.2) is 9.20 Å². The van der Waals surface area contributed by atoms with Gasteiger partial charge in [0.15, 0.2) is 0 Å². The van der Waals surface area contributed by atoms with Gasteiger partial charge >= 0.3 is 0 Å². The maximum Gasteiger partial charge on any atom is 0.271 e. The van der Waals surface area contributed by atoms with Crippen LogP contribution in [0.15, 0.2) is 77.2 Å². The molecule has 4 aromatic rings. The zero-order valence-electron chi connectivity index (χ0n) is 20.7. The molecule has 1 aliphatic heterocycles. The molecule has 3 aromatic heterocycles. The van der Waals surface area contributed by atoms with Crippen molar-refractivity contribution in [3.05, 3.63) is 82.8 Å². The number of nitrogens with zero attached hydrogens (tertiary/aromatic N) is 5. The lowest BCUT2D eigenvalue weighted by Crippen LogP contribution is -2.38. The van der Waals surface area contributed by atoms with Crippen molar-refractivity contribution in [3.8, 4) is 22.5 Å². The summed E-state index contributed by atoms with van der Waals surface area (Å²) in [6.07, 6.45) is 5.88. The number of hydrogen-bond donors (Lipinski definition) is 0. The van der Waals surface area contributed by atoms with E-state index in [1.807, 2.05) is 75.9 Å². The van der Waals surface area contributed by atoms with Crippen molar-refractivity contribution >= 4 is 28.9 Å². The first-order valence-corrected chi connectivity index (χ1v) is 14.0. The molecule has 1 fully saturated rings. The highest BCUT2D eigenvalue weighted by atomic mass is 32.2. The summed E-state index contributed by atoms with van der Waals surface area (Å²) in [6.45, 7) is 1.60. The van der Waals surface area contributed by atoms with E-state index in [0.717, 1.165) is 83.9 Å². The van der Waals surface area contributed by atoms with Crippen molar-refractivity contribution in [1.82, 2.24) is 24.3 Å². The summed E-state index contributed by atoms with van der Waals surface area (Å²) in [7, 11) is 0. The number of hydrogen-bond acceptors (Lipinski definition) is 5. The van der Waals surface area contributed by atoms with E-state index >= 15 is 0 Å². The van der Waals surface area contributed by atoms with Crippen molar-refractivity contribution in [1.29, 1.82) is 0 Å². The molecule has 0 N–H and O–H groups in total. The van der Waals surface area contributed by atoms with E-state index in [2.05, 4.69) is 0 Å². The summed E-state index contributed by atoms with van der Waals surface area (Å²) in [5.74, 6) is 2.14. The van der Waals surface area contributed by atoms with Gasteiger partial charge in [0.2, 0.25) is 5.91 Å². The Kier molecular flexibility index (Phi) is 6.66. The Balaban J connectivity index is 1.45. The van der Waals surface area contributed by atoms with Gasteiger partial charge in [-0.15, -0.1) is 0 Å². The van der Waals surface area contributed by atoms with Crippen molar-refractivity contribution in [2.75, 3.05) is 24.6 Å². The second kappa shape index (κ2) is 10.4. The van der Waals surface area contributed by atoms with Crippen molar-refractivity contribution in [3.63, 3.8) is 0 Å². The van der Waals surface area contributed by atoms with Gasteiger partial charge in [-0.2, -0.15) is 22.0 Å². The Labute approximate surface area is 219 Å². The lowest BCUT2D eigenvalue weighted by molar-refractivity contribution is -0.130. The fourth-order valence-corrected chi connectivity index (χ4v) is 6.20. The highest BCUT2D eigenvalue weighted by molar-refractivity contribution is 7.99. The lowest BCUT2D eigenvalue weighted by Gasteiger charge is -2.28. The van der Waals surface area contributed by atoms with Gasteiger partial charge in [0.05, 0.1) is 16.8 Å². The Morgan fingerprint density at radius 2 is 1.68 bits per heavy atom. The molecule has 1 aliphatic carbocycles. The average Bonchev–Trinajstić information content (AvgIpc) is 3.34. The summed E-state index contributed by atoms with van der Waals surface area (Å²) in [5.41, 5.74) is 6.08. The van der Waals surface area contributed by atoms with Crippen LogP contribution in [0.1, 0.15) is 32.1 Å². The van der Waals surface area contributed by atoms with Crippen LogP contribution in [0.4, 0.5) is 0 Å². The fourth-order valence-electron chi connectivity index (χ4n) is 5.29. The number of thioether (sulfide) groups is 1. The number of aromatic nitrogens is 4. The normalized spacial score (nSPS) is 16.4. The molecule has 1 amide bonds. The fraction of sp³-hybridized carbons (Fsp3) is 0.310. The molecule has 37 heavy (non-hydrogen) atoms. The largest absolute Gasteiger partial charge is 0.341 e. The first kappa shape index (κ1) is 23.7. The monoisotopic (exact) mass is 511 g/mol. The van der Waals surface area contributed by atoms with Crippen LogP contribution in [0.5, 0.6) is 0 Å². The number of pyridine rings is 1. The van der Waals surface area contributed by atoms with Crippen LogP contribution in [-0.2, 0) is 4.79 Å². The Bertz CT molecular complexity index is 1530. The smallest absolute Gasteiger partial charge is 0.271 e. The molecule has 188 valence electrons. The molecule has 0 radical (unpaired) electrons. The van der Waals surface area contributed by atoms with Gasteiger partial charge in [0, 0.05) is 54.5 Å². The number of benzene rings is 1. The third kappa shape index (κ3) is 4.73. The van der Waals surface area contributed by atoms with Crippen LogP contribution in [0.25, 0.3) is 33.7 Å². The second-order valence-corrected chi connectivity index (χ2v) is 10.7. The van der Waals surface area contributed by atoms with Gasteiger partial charge in [-0.1, -0.05) is 36.4 Å². The molecule has 1 aromatic carbocycles. The second-order valence-electron chi connectivity index (χ2n) is 9.52. The van der Waals surface area contributed by atoms with Crippen molar-refractivity contribution < 1.29 is 4.79 Å². The predicted molar refractivity (Wildman–Crippen MR) is 148 cm³/mol. The Hall–Kier alpha value is -3.65. The van der Waals surface area contributed by atoms with Crippen LogP contribution >= 0.6 is 11.8 Å². The highest BCUT2D eigenvalue weighted by Gasteiger charge is 2.24. The van der Waals surface area contributed by atoms with E-state index < -0.39 is 0 Å². The number of carbonyl (C=O) groups is 1. The number of carbonyl (C=O) groups excluding carboxylic acids is 1. The quantitative estimate of drug-likeness (QED) is 0.378. The number of rotatable bonds is 5. The molecule has 0 atom stereocenters. The maximum atomic E-state index is 13.1. The van der Waals surface area contributed by atoms with Gasteiger partial charge in [-0.3, -0.25) is 9.59 Å².